The largest absolute Gasteiger partial charge is 0.465 e. The number of hydrogen-bond donors (Lipinski definition) is 1. The molecule has 0 bridgehead atoms. The van der Waals surface area contributed by atoms with Gasteiger partial charge in [0.15, 0.2) is 0 Å². The summed E-state index contributed by atoms with van der Waals surface area (Å²) in [6.07, 6.45) is 3.91. The number of carbonyl (C=O) groups excluding carboxylic acids is 1. The smallest absolute Gasteiger partial charge is 0.323 e. The van der Waals surface area contributed by atoms with Crippen LogP contribution < -0.4 is 10.6 Å². The predicted molar refractivity (Wildman–Crippen MR) is 90.8 cm³/mol. The molecule has 2 rings (SSSR count). The Balaban J connectivity index is 2.14. The summed E-state index contributed by atoms with van der Waals surface area (Å²) in [5.41, 5.74) is 7.58. The van der Waals surface area contributed by atoms with E-state index in [-0.39, 0.29) is 6.42 Å². The van der Waals surface area contributed by atoms with Gasteiger partial charge in [-0.1, -0.05) is 23.2 Å². The molecule has 1 aromatic carbocycles. The minimum Gasteiger partial charge on any atom is -0.465 e. The van der Waals surface area contributed by atoms with E-state index in [0.29, 0.717) is 22.2 Å². The quantitative estimate of drug-likeness (QED) is 0.831. The van der Waals surface area contributed by atoms with E-state index in [1.807, 2.05) is 12.1 Å². The van der Waals surface area contributed by atoms with Gasteiger partial charge in [-0.25, -0.2) is 0 Å². The van der Waals surface area contributed by atoms with Crippen molar-refractivity contribution in [3.63, 3.8) is 0 Å². The lowest BCUT2D eigenvalue weighted by molar-refractivity contribution is -0.144. The molecule has 0 aliphatic carbocycles. The number of esters is 1. The summed E-state index contributed by atoms with van der Waals surface area (Å²) in [5.74, 6) is -0.435. The van der Waals surface area contributed by atoms with Crippen LogP contribution in [0.4, 0.5) is 5.69 Å². The molecule has 1 saturated heterocycles. The van der Waals surface area contributed by atoms with Gasteiger partial charge in [0, 0.05) is 35.2 Å². The highest BCUT2D eigenvalue weighted by atomic mass is 35.5. The van der Waals surface area contributed by atoms with Crippen molar-refractivity contribution in [3.8, 4) is 0 Å². The van der Waals surface area contributed by atoms with Gasteiger partial charge in [0.25, 0.3) is 0 Å². The van der Waals surface area contributed by atoms with Gasteiger partial charge in [-0.3, -0.25) is 4.79 Å². The molecule has 6 heteroatoms. The number of anilines is 1. The monoisotopic (exact) mass is 344 g/mol. The lowest BCUT2D eigenvalue weighted by atomic mass is 10.0. The Labute approximate surface area is 141 Å². The zero-order valence-electron chi connectivity index (χ0n) is 12.8. The second-order valence-electron chi connectivity index (χ2n) is 5.50. The Morgan fingerprint density at radius 1 is 1.27 bits per heavy atom. The normalized spacial score (nSPS) is 16.5. The maximum Gasteiger partial charge on any atom is 0.323 e. The van der Waals surface area contributed by atoms with E-state index in [1.165, 1.54) is 19.3 Å². The number of hydrogen-bond acceptors (Lipinski definition) is 4. The van der Waals surface area contributed by atoms with Crippen molar-refractivity contribution in [1.29, 1.82) is 0 Å². The van der Waals surface area contributed by atoms with Crippen LogP contribution in [-0.4, -0.2) is 31.7 Å². The molecule has 0 aromatic heterocycles. The minimum atomic E-state index is -0.754. The van der Waals surface area contributed by atoms with E-state index >= 15 is 0 Å². The third kappa shape index (κ3) is 4.28. The fourth-order valence-corrected chi connectivity index (χ4v) is 3.30. The van der Waals surface area contributed by atoms with Crippen LogP contribution in [0.3, 0.4) is 0 Å². The first kappa shape index (κ1) is 17.4. The molecule has 1 atom stereocenters. The molecule has 0 saturated carbocycles. The summed E-state index contributed by atoms with van der Waals surface area (Å²) in [4.78, 5) is 13.9. The van der Waals surface area contributed by atoms with Crippen molar-refractivity contribution in [1.82, 2.24) is 0 Å². The molecule has 22 heavy (non-hydrogen) atoms. The fraction of sp³-hybridized carbons (Fsp3) is 0.562. The number of piperidine rings is 1. The Hall–Kier alpha value is -0.970. The van der Waals surface area contributed by atoms with Gasteiger partial charge in [-0.15, -0.1) is 0 Å². The van der Waals surface area contributed by atoms with Crippen molar-refractivity contribution in [2.24, 2.45) is 5.73 Å². The van der Waals surface area contributed by atoms with Gasteiger partial charge in [-0.05, 0) is 43.9 Å². The SMILES string of the molecule is CCOC(=O)C(N)Cc1c(Cl)cc(N2CCCCC2)cc1Cl. The Kier molecular flexibility index (Phi) is 6.36. The summed E-state index contributed by atoms with van der Waals surface area (Å²) in [5, 5.41) is 1.10. The third-order valence-corrected chi connectivity index (χ3v) is 4.53. The van der Waals surface area contributed by atoms with Gasteiger partial charge in [0.05, 0.1) is 6.61 Å². The molecule has 4 nitrogen and oxygen atoms in total. The van der Waals surface area contributed by atoms with Crippen molar-refractivity contribution in [3.05, 3.63) is 27.7 Å². The summed E-state index contributed by atoms with van der Waals surface area (Å²) < 4.78 is 4.92. The van der Waals surface area contributed by atoms with Crippen molar-refractivity contribution in [2.45, 2.75) is 38.6 Å². The molecule has 0 spiro atoms. The van der Waals surface area contributed by atoms with E-state index in [9.17, 15) is 4.79 Å². The van der Waals surface area contributed by atoms with Crippen LogP contribution in [0.2, 0.25) is 10.0 Å². The summed E-state index contributed by atoms with van der Waals surface area (Å²) in [6.45, 7) is 4.10. The number of ether oxygens (including phenoxy) is 1. The number of halogens is 2. The standard InChI is InChI=1S/C16H22Cl2N2O2/c1-2-22-16(21)15(19)10-12-13(17)8-11(9-14(12)18)20-6-4-3-5-7-20/h8-9,15H,2-7,10,19H2,1H3. The van der Waals surface area contributed by atoms with Crippen LogP contribution in [0.25, 0.3) is 0 Å². The number of nitrogens with two attached hydrogens (primary N) is 1. The number of carbonyl (C=O) groups is 1. The van der Waals surface area contributed by atoms with E-state index in [1.54, 1.807) is 6.92 Å². The zero-order valence-corrected chi connectivity index (χ0v) is 14.3. The first-order chi connectivity index (χ1) is 10.5. The Morgan fingerprint density at radius 2 is 1.86 bits per heavy atom. The van der Waals surface area contributed by atoms with Crippen LogP contribution >= 0.6 is 23.2 Å². The predicted octanol–water partition coefficient (Wildman–Crippen LogP) is 3.42. The molecule has 1 heterocycles. The highest BCUT2D eigenvalue weighted by molar-refractivity contribution is 6.36. The lowest BCUT2D eigenvalue weighted by Crippen LogP contribution is -2.34. The lowest BCUT2D eigenvalue weighted by Gasteiger charge is -2.29. The van der Waals surface area contributed by atoms with Crippen LogP contribution in [0, 0.1) is 0 Å². The molecule has 1 aliphatic rings. The second-order valence-corrected chi connectivity index (χ2v) is 6.31. The third-order valence-electron chi connectivity index (χ3n) is 3.86. The molecule has 1 fully saturated rings. The van der Waals surface area contributed by atoms with Gasteiger partial charge in [-0.2, -0.15) is 0 Å². The van der Waals surface area contributed by atoms with Crippen LogP contribution in [0.5, 0.6) is 0 Å². The maximum atomic E-state index is 11.6. The summed E-state index contributed by atoms with van der Waals surface area (Å²) >= 11 is 12.7. The molecule has 0 amide bonds. The molecular weight excluding hydrogens is 323 g/mol. The Bertz CT molecular complexity index is 508. The van der Waals surface area contributed by atoms with Crippen molar-refractivity contribution < 1.29 is 9.53 Å². The van der Waals surface area contributed by atoms with Gasteiger partial charge >= 0.3 is 5.97 Å². The molecule has 2 N–H and O–H groups in total. The van der Waals surface area contributed by atoms with Crippen LogP contribution in [-0.2, 0) is 16.0 Å². The topological polar surface area (TPSA) is 55.6 Å². The second kappa shape index (κ2) is 8.04. The van der Waals surface area contributed by atoms with E-state index in [2.05, 4.69) is 4.90 Å². The van der Waals surface area contributed by atoms with E-state index in [0.717, 1.165) is 18.8 Å². The maximum absolute atomic E-state index is 11.6. The Morgan fingerprint density at radius 3 is 2.41 bits per heavy atom. The number of benzene rings is 1. The van der Waals surface area contributed by atoms with Crippen LogP contribution in [0.1, 0.15) is 31.7 Å². The number of rotatable bonds is 5. The first-order valence-electron chi connectivity index (χ1n) is 7.68. The highest BCUT2D eigenvalue weighted by Gasteiger charge is 2.20. The van der Waals surface area contributed by atoms with Gasteiger partial charge in [0.1, 0.15) is 6.04 Å². The van der Waals surface area contributed by atoms with E-state index < -0.39 is 12.0 Å². The van der Waals surface area contributed by atoms with Crippen LogP contribution in [0.15, 0.2) is 12.1 Å². The molecule has 1 aromatic rings. The summed E-state index contributed by atoms with van der Waals surface area (Å²) in [7, 11) is 0. The fourth-order valence-electron chi connectivity index (χ4n) is 2.67. The highest BCUT2D eigenvalue weighted by Crippen LogP contribution is 2.32. The number of nitrogens with zero attached hydrogens (tertiary/aromatic N) is 1. The van der Waals surface area contributed by atoms with E-state index in [4.69, 9.17) is 33.7 Å². The zero-order chi connectivity index (χ0) is 16.1. The van der Waals surface area contributed by atoms with Crippen molar-refractivity contribution in [2.75, 3.05) is 24.6 Å². The van der Waals surface area contributed by atoms with Gasteiger partial charge < -0.3 is 15.4 Å². The average Bonchev–Trinajstić information content (AvgIpc) is 2.51. The van der Waals surface area contributed by atoms with Gasteiger partial charge in [0.2, 0.25) is 0 Å². The molecule has 1 aliphatic heterocycles. The molecule has 0 radical (unpaired) electrons. The summed E-state index contributed by atoms with van der Waals surface area (Å²) in [6, 6.07) is 3.06. The first-order valence-corrected chi connectivity index (χ1v) is 8.43. The molecule has 122 valence electrons. The minimum absolute atomic E-state index is 0.275. The average molecular weight is 345 g/mol. The van der Waals surface area contributed by atoms with Crippen molar-refractivity contribution >= 4 is 34.9 Å². The molecule has 1 unspecified atom stereocenters. The molecular formula is C16H22Cl2N2O2.